The highest BCUT2D eigenvalue weighted by molar-refractivity contribution is 5.51. The van der Waals surface area contributed by atoms with Crippen LogP contribution in [-0.2, 0) is 12.7 Å². The van der Waals surface area contributed by atoms with Gasteiger partial charge in [0.05, 0.1) is 11.7 Å². The second kappa shape index (κ2) is 6.23. The Kier molecular flexibility index (Phi) is 4.78. The molecule has 0 radical (unpaired) electrons. The summed E-state index contributed by atoms with van der Waals surface area (Å²) < 4.78 is 39.4. The smallest absolute Gasteiger partial charge is 0.393 e. The molecular weight excluding hydrogens is 281 g/mol. The predicted octanol–water partition coefficient (Wildman–Crippen LogP) is 2.63. The fraction of sp³-hybridized carbons (Fsp3) is 0.600. The third kappa shape index (κ3) is 3.89. The van der Waals surface area contributed by atoms with Crippen molar-refractivity contribution in [2.24, 2.45) is 5.92 Å². The second-order valence-electron chi connectivity index (χ2n) is 5.74. The van der Waals surface area contributed by atoms with Crippen molar-refractivity contribution in [2.75, 3.05) is 25.5 Å². The lowest BCUT2D eigenvalue weighted by atomic mass is 9.82. The minimum Gasteiger partial charge on any atom is -0.393 e. The lowest BCUT2D eigenvalue weighted by Crippen LogP contribution is -2.37. The molecule has 2 N–H and O–H groups in total. The number of nitrogens with zero attached hydrogens (tertiary/aromatic N) is 1. The van der Waals surface area contributed by atoms with Gasteiger partial charge in [0.1, 0.15) is 0 Å². The maximum absolute atomic E-state index is 13.1. The molecule has 6 heteroatoms. The Balaban J connectivity index is 2.16. The average molecular weight is 302 g/mol. The quantitative estimate of drug-likeness (QED) is 0.878. The molecule has 0 bridgehead atoms. The lowest BCUT2D eigenvalue weighted by molar-refractivity contribution is -0.138. The molecule has 0 aromatic heterocycles. The Morgan fingerprint density at radius 1 is 1.33 bits per heavy atom. The van der Waals surface area contributed by atoms with Gasteiger partial charge in [-0.3, -0.25) is 0 Å². The van der Waals surface area contributed by atoms with Gasteiger partial charge in [0.25, 0.3) is 0 Å². The molecule has 0 unspecified atom stereocenters. The van der Waals surface area contributed by atoms with Crippen LogP contribution in [0.5, 0.6) is 0 Å². The van der Waals surface area contributed by atoms with E-state index in [1.807, 2.05) is 4.90 Å². The van der Waals surface area contributed by atoms with Crippen molar-refractivity contribution in [2.45, 2.75) is 31.7 Å². The molecule has 2 rings (SSSR count). The molecule has 3 nitrogen and oxygen atoms in total. The van der Waals surface area contributed by atoms with Crippen molar-refractivity contribution < 1.29 is 18.3 Å². The van der Waals surface area contributed by atoms with Crippen LogP contribution in [0.3, 0.4) is 0 Å². The Labute approximate surface area is 122 Å². The highest BCUT2D eigenvalue weighted by Crippen LogP contribution is 2.35. The molecule has 0 saturated heterocycles. The Morgan fingerprint density at radius 2 is 2.00 bits per heavy atom. The lowest BCUT2D eigenvalue weighted by Gasteiger charge is -2.35. The van der Waals surface area contributed by atoms with Crippen molar-refractivity contribution in [3.05, 3.63) is 29.3 Å². The first-order valence-electron chi connectivity index (χ1n) is 7.05. The third-order valence-electron chi connectivity index (χ3n) is 3.95. The number of rotatable bonds is 5. The molecule has 1 saturated carbocycles. The molecule has 0 heterocycles. The van der Waals surface area contributed by atoms with Gasteiger partial charge in [-0.1, -0.05) is 6.07 Å². The van der Waals surface area contributed by atoms with Gasteiger partial charge in [0.2, 0.25) is 0 Å². The van der Waals surface area contributed by atoms with Gasteiger partial charge in [-0.15, -0.1) is 0 Å². The first-order chi connectivity index (χ1) is 9.81. The number of benzene rings is 1. The van der Waals surface area contributed by atoms with Crippen molar-refractivity contribution in [3.63, 3.8) is 0 Å². The highest BCUT2D eigenvalue weighted by atomic mass is 19.4. The van der Waals surface area contributed by atoms with E-state index in [1.54, 1.807) is 20.2 Å². The van der Waals surface area contributed by atoms with Crippen molar-refractivity contribution in [1.29, 1.82) is 0 Å². The summed E-state index contributed by atoms with van der Waals surface area (Å²) in [5.74, 6) is 0.358. The summed E-state index contributed by atoms with van der Waals surface area (Å²) in [5.41, 5.74) is 0.222. The fourth-order valence-corrected chi connectivity index (χ4v) is 2.75. The zero-order valence-electron chi connectivity index (χ0n) is 12.2. The number of hydrogen-bond donors (Lipinski definition) is 2. The van der Waals surface area contributed by atoms with Crippen LogP contribution in [0.1, 0.15) is 24.0 Å². The zero-order chi connectivity index (χ0) is 15.6. The summed E-state index contributed by atoms with van der Waals surface area (Å²) in [6.07, 6.45) is -3.13. The van der Waals surface area contributed by atoms with Gasteiger partial charge < -0.3 is 15.3 Å². The standard InChI is InChI=1S/C15H21F3N2O/c1-19-8-11-3-4-12(7-14(11)15(16,17)18)20(2)9-10-5-13(21)6-10/h3-4,7,10,13,19,21H,5-6,8-9H2,1-2H3. The number of aliphatic hydroxyl groups excluding tert-OH is 1. The average Bonchev–Trinajstić information content (AvgIpc) is 2.36. The van der Waals surface area contributed by atoms with E-state index >= 15 is 0 Å². The van der Waals surface area contributed by atoms with E-state index in [0.717, 1.165) is 12.8 Å². The number of hydrogen-bond acceptors (Lipinski definition) is 3. The van der Waals surface area contributed by atoms with Gasteiger partial charge >= 0.3 is 6.18 Å². The molecule has 1 fully saturated rings. The van der Waals surface area contributed by atoms with Crippen molar-refractivity contribution in [1.82, 2.24) is 5.32 Å². The van der Waals surface area contributed by atoms with Gasteiger partial charge in [-0.05, 0) is 43.5 Å². The maximum Gasteiger partial charge on any atom is 0.416 e. The summed E-state index contributed by atoms with van der Waals surface area (Å²) in [5, 5.41) is 12.0. The van der Waals surface area contributed by atoms with E-state index in [4.69, 9.17) is 0 Å². The summed E-state index contributed by atoms with van der Waals surface area (Å²) in [4.78, 5) is 1.83. The number of anilines is 1. The van der Waals surface area contributed by atoms with Crippen LogP contribution in [-0.4, -0.2) is 31.9 Å². The van der Waals surface area contributed by atoms with Crippen LogP contribution >= 0.6 is 0 Å². The van der Waals surface area contributed by atoms with Crippen LogP contribution in [0.4, 0.5) is 18.9 Å². The molecule has 1 aromatic rings. The molecule has 0 atom stereocenters. The van der Waals surface area contributed by atoms with Gasteiger partial charge in [0, 0.05) is 25.8 Å². The molecule has 118 valence electrons. The van der Waals surface area contributed by atoms with Crippen LogP contribution < -0.4 is 10.2 Å². The number of nitrogens with one attached hydrogen (secondary N) is 1. The maximum atomic E-state index is 13.1. The van der Waals surface area contributed by atoms with Crippen molar-refractivity contribution >= 4 is 5.69 Å². The topological polar surface area (TPSA) is 35.5 Å². The third-order valence-corrected chi connectivity index (χ3v) is 3.95. The van der Waals surface area contributed by atoms with Crippen LogP contribution in [0.25, 0.3) is 0 Å². The minimum absolute atomic E-state index is 0.188. The van der Waals surface area contributed by atoms with Crippen LogP contribution in [0, 0.1) is 5.92 Å². The van der Waals surface area contributed by atoms with E-state index in [2.05, 4.69) is 5.32 Å². The number of alkyl halides is 3. The van der Waals surface area contributed by atoms with Crippen LogP contribution in [0.2, 0.25) is 0 Å². The number of halogens is 3. The first-order valence-corrected chi connectivity index (χ1v) is 7.05. The molecular formula is C15H21F3N2O. The van der Waals surface area contributed by atoms with E-state index in [0.29, 0.717) is 18.2 Å². The van der Waals surface area contributed by atoms with E-state index in [9.17, 15) is 18.3 Å². The molecule has 1 aliphatic rings. The first kappa shape index (κ1) is 16.1. The van der Waals surface area contributed by atoms with Crippen molar-refractivity contribution in [3.8, 4) is 0 Å². The van der Waals surface area contributed by atoms with Gasteiger partial charge in [-0.25, -0.2) is 0 Å². The molecule has 21 heavy (non-hydrogen) atoms. The number of aliphatic hydroxyl groups is 1. The Morgan fingerprint density at radius 3 is 2.52 bits per heavy atom. The van der Waals surface area contributed by atoms with Crippen LogP contribution in [0.15, 0.2) is 18.2 Å². The molecule has 1 aromatic carbocycles. The Bertz CT molecular complexity index is 484. The summed E-state index contributed by atoms with van der Waals surface area (Å²) in [6, 6.07) is 4.46. The minimum atomic E-state index is -4.35. The molecule has 0 aliphatic heterocycles. The summed E-state index contributed by atoms with van der Waals surface area (Å²) in [6.45, 7) is 0.855. The highest BCUT2D eigenvalue weighted by Gasteiger charge is 2.34. The zero-order valence-corrected chi connectivity index (χ0v) is 12.2. The summed E-state index contributed by atoms with van der Waals surface area (Å²) >= 11 is 0. The van der Waals surface area contributed by atoms with E-state index < -0.39 is 11.7 Å². The fourth-order valence-electron chi connectivity index (χ4n) is 2.75. The van der Waals surface area contributed by atoms with Gasteiger partial charge in [0.15, 0.2) is 0 Å². The SMILES string of the molecule is CNCc1ccc(N(C)CC2CC(O)C2)cc1C(F)(F)F. The largest absolute Gasteiger partial charge is 0.416 e. The van der Waals surface area contributed by atoms with Gasteiger partial charge in [-0.2, -0.15) is 13.2 Å². The molecule has 0 spiro atoms. The monoisotopic (exact) mass is 302 g/mol. The predicted molar refractivity (Wildman–Crippen MR) is 76.2 cm³/mol. The van der Waals surface area contributed by atoms with E-state index in [-0.39, 0.29) is 18.2 Å². The molecule has 0 amide bonds. The second-order valence-corrected chi connectivity index (χ2v) is 5.74. The molecule has 1 aliphatic carbocycles. The normalized spacial score (nSPS) is 22.0. The summed E-state index contributed by atoms with van der Waals surface area (Å²) in [7, 11) is 3.42. The van der Waals surface area contributed by atoms with E-state index in [1.165, 1.54) is 12.1 Å². The Hall–Kier alpha value is -1.27.